The van der Waals surface area contributed by atoms with E-state index in [1.165, 1.54) is 0 Å². The summed E-state index contributed by atoms with van der Waals surface area (Å²) in [5, 5.41) is 7.13. The average Bonchev–Trinajstić information content (AvgIpc) is 2.79. The van der Waals surface area contributed by atoms with Gasteiger partial charge in [-0.05, 0) is 18.2 Å². The van der Waals surface area contributed by atoms with Crippen LogP contribution in [0.5, 0.6) is 0 Å². The predicted molar refractivity (Wildman–Crippen MR) is 122 cm³/mol. The average molecular weight is 423 g/mol. The minimum absolute atomic E-state index is 0. The van der Waals surface area contributed by atoms with E-state index >= 15 is 0 Å². The van der Waals surface area contributed by atoms with E-state index in [1.807, 2.05) is 42.5 Å². The first-order chi connectivity index (χ1) is 14.3. The quantitative estimate of drug-likeness (QED) is 0.504. The summed E-state index contributed by atoms with van der Waals surface area (Å²) in [4.78, 5) is 20.2. The lowest BCUT2D eigenvalue weighted by Gasteiger charge is -2.29. The van der Waals surface area contributed by atoms with Crippen LogP contribution in [0.1, 0.15) is 5.69 Å². The Hall–Kier alpha value is -2.96. The summed E-state index contributed by atoms with van der Waals surface area (Å²) in [6, 6.07) is 18.1. The van der Waals surface area contributed by atoms with Crippen LogP contribution in [0, 0.1) is 0 Å². The zero-order chi connectivity index (χ0) is 19.6. The van der Waals surface area contributed by atoms with E-state index in [1.54, 1.807) is 10.9 Å². The van der Waals surface area contributed by atoms with Crippen molar-refractivity contribution in [1.82, 2.24) is 14.8 Å². The van der Waals surface area contributed by atoms with Crippen molar-refractivity contribution in [2.24, 2.45) is 0 Å². The number of halogens is 1. The molecule has 2 aromatic carbocycles. The Balaban J connectivity index is 0.00000218. The molecule has 0 spiro atoms. The zero-order valence-electron chi connectivity index (χ0n) is 16.5. The lowest BCUT2D eigenvalue weighted by Crippen LogP contribution is -2.37. The second kappa shape index (κ2) is 8.81. The summed E-state index contributed by atoms with van der Waals surface area (Å²) >= 11 is 0. The third-order valence-corrected chi connectivity index (χ3v) is 5.45. The maximum absolute atomic E-state index is 13.2. The molecule has 4 aromatic rings. The van der Waals surface area contributed by atoms with Crippen LogP contribution in [0.4, 0.5) is 5.69 Å². The van der Waals surface area contributed by atoms with Gasteiger partial charge in [0.25, 0.3) is 5.56 Å². The molecule has 0 saturated carbocycles. The molecule has 1 aliphatic heterocycles. The SMILES string of the molecule is Cl.O=c1c2c(N3CCOCC3)cccc2cnn1CCc1ccc2ccccc2n1. The van der Waals surface area contributed by atoms with Crippen LogP contribution >= 0.6 is 12.4 Å². The van der Waals surface area contributed by atoms with Gasteiger partial charge in [-0.1, -0.05) is 36.4 Å². The van der Waals surface area contributed by atoms with E-state index in [2.05, 4.69) is 22.1 Å². The van der Waals surface area contributed by atoms with Gasteiger partial charge in [0.2, 0.25) is 0 Å². The molecule has 1 aliphatic rings. The van der Waals surface area contributed by atoms with Crippen LogP contribution in [-0.4, -0.2) is 41.1 Å². The number of nitrogens with zero attached hydrogens (tertiary/aromatic N) is 4. The second-order valence-corrected chi connectivity index (χ2v) is 7.26. The number of para-hydroxylation sites is 1. The molecular formula is C23H23ClN4O2. The first-order valence-electron chi connectivity index (χ1n) is 9.96. The van der Waals surface area contributed by atoms with Gasteiger partial charge in [0.05, 0.1) is 42.5 Å². The smallest absolute Gasteiger partial charge is 0.276 e. The molecule has 6 nitrogen and oxygen atoms in total. The van der Waals surface area contributed by atoms with Crippen LogP contribution in [0.2, 0.25) is 0 Å². The van der Waals surface area contributed by atoms with Gasteiger partial charge in [0.15, 0.2) is 0 Å². The van der Waals surface area contributed by atoms with E-state index < -0.39 is 0 Å². The first-order valence-corrected chi connectivity index (χ1v) is 9.96. The van der Waals surface area contributed by atoms with E-state index in [4.69, 9.17) is 9.72 Å². The number of anilines is 1. The van der Waals surface area contributed by atoms with Crippen molar-refractivity contribution in [3.05, 3.63) is 76.8 Å². The Morgan fingerprint density at radius 3 is 2.60 bits per heavy atom. The maximum atomic E-state index is 13.2. The maximum Gasteiger partial charge on any atom is 0.276 e. The zero-order valence-corrected chi connectivity index (χ0v) is 17.3. The van der Waals surface area contributed by atoms with Gasteiger partial charge < -0.3 is 9.64 Å². The third kappa shape index (κ3) is 3.88. The highest BCUT2D eigenvalue weighted by Crippen LogP contribution is 2.24. The van der Waals surface area contributed by atoms with Gasteiger partial charge in [0, 0.05) is 36.0 Å². The van der Waals surface area contributed by atoms with Crippen LogP contribution < -0.4 is 10.5 Å². The molecule has 0 aliphatic carbocycles. The van der Waals surface area contributed by atoms with Gasteiger partial charge >= 0.3 is 0 Å². The first kappa shape index (κ1) is 20.3. The van der Waals surface area contributed by atoms with Crippen molar-refractivity contribution in [2.45, 2.75) is 13.0 Å². The highest BCUT2D eigenvalue weighted by molar-refractivity contribution is 5.93. The van der Waals surface area contributed by atoms with E-state index in [0.29, 0.717) is 26.2 Å². The van der Waals surface area contributed by atoms with Crippen molar-refractivity contribution in [3.63, 3.8) is 0 Å². The molecule has 0 bridgehead atoms. The van der Waals surface area contributed by atoms with Crippen LogP contribution in [-0.2, 0) is 17.7 Å². The van der Waals surface area contributed by atoms with Crippen LogP contribution in [0.3, 0.4) is 0 Å². The van der Waals surface area contributed by atoms with E-state index in [9.17, 15) is 4.79 Å². The van der Waals surface area contributed by atoms with E-state index in [0.717, 1.165) is 46.1 Å². The number of hydrogen-bond acceptors (Lipinski definition) is 5. The molecule has 154 valence electrons. The number of fused-ring (bicyclic) bond motifs is 2. The molecule has 3 heterocycles. The third-order valence-electron chi connectivity index (χ3n) is 5.45. The summed E-state index contributed by atoms with van der Waals surface area (Å²) in [6.07, 6.45) is 2.44. The molecule has 1 saturated heterocycles. The number of aryl methyl sites for hydroxylation is 2. The normalized spacial score (nSPS) is 14.1. The monoisotopic (exact) mass is 422 g/mol. The molecule has 1 fully saturated rings. The fourth-order valence-electron chi connectivity index (χ4n) is 3.91. The summed E-state index contributed by atoms with van der Waals surface area (Å²) < 4.78 is 7.02. The number of morpholine rings is 1. The molecule has 0 amide bonds. The standard InChI is InChI=1S/C23H22N4O2.ClH/c28-23-22-18(5-3-7-21(22)26-12-14-29-15-13-26)16-24-27(23)11-10-19-9-8-17-4-1-2-6-20(17)25-19;/h1-9,16H,10-15H2;1H. The molecular weight excluding hydrogens is 400 g/mol. The minimum atomic E-state index is -0.0506. The number of benzene rings is 2. The van der Waals surface area contributed by atoms with Crippen LogP contribution in [0.15, 0.2) is 65.6 Å². The molecule has 30 heavy (non-hydrogen) atoms. The number of hydrogen-bond donors (Lipinski definition) is 0. The molecule has 7 heteroatoms. The highest BCUT2D eigenvalue weighted by Gasteiger charge is 2.17. The largest absolute Gasteiger partial charge is 0.378 e. The number of ether oxygens (including phenoxy) is 1. The van der Waals surface area contributed by atoms with Gasteiger partial charge in [-0.25, -0.2) is 4.68 Å². The predicted octanol–water partition coefficient (Wildman–Crippen LogP) is 3.45. The van der Waals surface area contributed by atoms with Crippen molar-refractivity contribution in [2.75, 3.05) is 31.2 Å². The molecule has 0 atom stereocenters. The van der Waals surface area contributed by atoms with Crippen molar-refractivity contribution in [3.8, 4) is 0 Å². The summed E-state index contributed by atoms with van der Waals surface area (Å²) in [5.41, 5.74) is 2.85. The Morgan fingerprint density at radius 1 is 0.933 bits per heavy atom. The second-order valence-electron chi connectivity index (χ2n) is 7.26. The molecule has 0 unspecified atom stereocenters. The van der Waals surface area contributed by atoms with Gasteiger partial charge in [-0.3, -0.25) is 9.78 Å². The fraction of sp³-hybridized carbons (Fsp3) is 0.261. The lowest BCUT2D eigenvalue weighted by molar-refractivity contribution is 0.123. The lowest BCUT2D eigenvalue weighted by atomic mass is 10.1. The van der Waals surface area contributed by atoms with Crippen molar-refractivity contribution >= 4 is 39.8 Å². The summed E-state index contributed by atoms with van der Waals surface area (Å²) in [7, 11) is 0. The number of aromatic nitrogens is 3. The molecule has 5 rings (SSSR count). The van der Waals surface area contributed by atoms with Crippen LogP contribution in [0.25, 0.3) is 21.7 Å². The summed E-state index contributed by atoms with van der Waals surface area (Å²) in [5.74, 6) is 0. The topological polar surface area (TPSA) is 60.3 Å². The van der Waals surface area contributed by atoms with Crippen molar-refractivity contribution in [1.29, 1.82) is 0 Å². The summed E-state index contributed by atoms with van der Waals surface area (Å²) in [6.45, 7) is 3.45. The number of pyridine rings is 1. The highest BCUT2D eigenvalue weighted by atomic mass is 35.5. The molecule has 0 radical (unpaired) electrons. The Morgan fingerprint density at radius 2 is 1.73 bits per heavy atom. The minimum Gasteiger partial charge on any atom is -0.378 e. The van der Waals surface area contributed by atoms with Gasteiger partial charge in [-0.15, -0.1) is 12.4 Å². The Bertz CT molecular complexity index is 1230. The van der Waals surface area contributed by atoms with Gasteiger partial charge in [-0.2, -0.15) is 5.10 Å². The van der Waals surface area contributed by atoms with Gasteiger partial charge in [0.1, 0.15) is 0 Å². The Labute approximate surface area is 180 Å². The van der Waals surface area contributed by atoms with E-state index in [-0.39, 0.29) is 18.0 Å². The van der Waals surface area contributed by atoms with Crippen molar-refractivity contribution < 1.29 is 4.74 Å². The number of rotatable bonds is 4. The molecule has 0 N–H and O–H groups in total. The fourth-order valence-corrected chi connectivity index (χ4v) is 3.91. The Kier molecular flexibility index (Phi) is 5.97. The molecule has 2 aromatic heterocycles.